The highest BCUT2D eigenvalue weighted by molar-refractivity contribution is 6.01. The smallest absolute Gasteiger partial charge is 0.245 e. The lowest BCUT2D eigenvalue weighted by molar-refractivity contribution is -0.118. The Morgan fingerprint density at radius 2 is 2.16 bits per heavy atom. The second-order valence-electron chi connectivity index (χ2n) is 6.41. The maximum absolute atomic E-state index is 12.6. The van der Waals surface area contributed by atoms with Gasteiger partial charge in [-0.15, -0.1) is 0 Å². The molecule has 1 aliphatic heterocycles. The van der Waals surface area contributed by atoms with E-state index in [0.29, 0.717) is 24.2 Å². The number of carbonyl (C=O) groups excluding carboxylic acids is 1. The molecule has 2 aromatic heterocycles. The number of nitriles is 1. The average Bonchev–Trinajstić information content (AvgIpc) is 3.15. The Balaban J connectivity index is 2.20. The molecule has 0 bridgehead atoms. The zero-order valence-corrected chi connectivity index (χ0v) is 14.3. The number of para-hydroxylation sites is 2. The first-order chi connectivity index (χ1) is 12.1. The van der Waals surface area contributed by atoms with Crippen molar-refractivity contribution in [2.75, 3.05) is 11.4 Å². The molecule has 1 aliphatic rings. The fourth-order valence-electron chi connectivity index (χ4n) is 3.78. The lowest BCUT2D eigenvalue weighted by atomic mass is 10.0. The number of pyridine rings is 1. The van der Waals surface area contributed by atoms with Crippen molar-refractivity contribution in [2.24, 2.45) is 5.73 Å². The van der Waals surface area contributed by atoms with Gasteiger partial charge in [0.05, 0.1) is 22.6 Å². The lowest BCUT2D eigenvalue weighted by Gasteiger charge is -2.24. The third-order valence-corrected chi connectivity index (χ3v) is 5.06. The number of rotatable bonds is 2. The molecule has 1 saturated heterocycles. The van der Waals surface area contributed by atoms with Crippen LogP contribution in [0.5, 0.6) is 0 Å². The van der Waals surface area contributed by atoms with E-state index in [2.05, 4.69) is 11.1 Å². The fraction of sp³-hybridized carbons (Fsp3) is 0.316. The Morgan fingerprint density at radius 3 is 2.80 bits per heavy atom. The molecule has 4 rings (SSSR count). The zero-order chi connectivity index (χ0) is 17.7. The molecule has 3 heterocycles. The number of benzene rings is 1. The van der Waals surface area contributed by atoms with Gasteiger partial charge in [0.1, 0.15) is 11.9 Å². The third-order valence-electron chi connectivity index (χ3n) is 5.06. The number of nitrogens with two attached hydrogens (primary N) is 1. The van der Waals surface area contributed by atoms with E-state index in [1.54, 1.807) is 4.90 Å². The molecule has 25 heavy (non-hydrogen) atoms. The molecular weight excluding hydrogens is 314 g/mol. The van der Waals surface area contributed by atoms with Gasteiger partial charge in [0.25, 0.3) is 0 Å². The van der Waals surface area contributed by atoms with Crippen molar-refractivity contribution >= 4 is 28.4 Å². The van der Waals surface area contributed by atoms with Gasteiger partial charge < -0.3 is 5.73 Å². The molecule has 1 aromatic carbocycles. The van der Waals surface area contributed by atoms with Gasteiger partial charge in [0.15, 0.2) is 5.65 Å². The molecule has 0 aliphatic carbocycles. The molecule has 1 fully saturated rings. The van der Waals surface area contributed by atoms with Crippen molar-refractivity contribution in [2.45, 2.75) is 32.7 Å². The van der Waals surface area contributed by atoms with Gasteiger partial charge in [0, 0.05) is 6.54 Å². The fourth-order valence-corrected chi connectivity index (χ4v) is 3.78. The van der Waals surface area contributed by atoms with Crippen LogP contribution in [0.15, 0.2) is 24.3 Å². The maximum Gasteiger partial charge on any atom is 0.245 e. The average molecular weight is 333 g/mol. The van der Waals surface area contributed by atoms with Gasteiger partial charge in [-0.05, 0) is 43.0 Å². The van der Waals surface area contributed by atoms with E-state index in [4.69, 9.17) is 5.73 Å². The molecule has 6 heteroatoms. The van der Waals surface area contributed by atoms with Crippen molar-refractivity contribution in [3.63, 3.8) is 0 Å². The first kappa shape index (κ1) is 15.6. The van der Waals surface area contributed by atoms with E-state index in [9.17, 15) is 10.1 Å². The van der Waals surface area contributed by atoms with Gasteiger partial charge >= 0.3 is 0 Å². The summed E-state index contributed by atoms with van der Waals surface area (Å²) in [4.78, 5) is 19.1. The monoisotopic (exact) mass is 333 g/mol. The first-order valence-electron chi connectivity index (χ1n) is 8.48. The summed E-state index contributed by atoms with van der Waals surface area (Å²) in [7, 11) is 0. The van der Waals surface area contributed by atoms with Gasteiger partial charge in [-0.2, -0.15) is 5.26 Å². The first-order valence-corrected chi connectivity index (χ1v) is 8.48. The summed E-state index contributed by atoms with van der Waals surface area (Å²) in [5, 5.41) is 9.71. The molecule has 0 saturated carbocycles. The van der Waals surface area contributed by atoms with E-state index < -0.39 is 6.04 Å². The number of fused-ring (bicyclic) bond motifs is 3. The number of carbonyl (C=O) groups is 1. The highest BCUT2D eigenvalue weighted by atomic mass is 16.2. The van der Waals surface area contributed by atoms with Crippen LogP contribution in [0.1, 0.15) is 30.0 Å². The highest BCUT2D eigenvalue weighted by Gasteiger charge is 2.34. The van der Waals surface area contributed by atoms with Gasteiger partial charge in [-0.1, -0.05) is 19.1 Å². The van der Waals surface area contributed by atoms with E-state index in [-0.39, 0.29) is 5.91 Å². The number of amides is 1. The van der Waals surface area contributed by atoms with Crippen molar-refractivity contribution in [1.82, 2.24) is 9.38 Å². The molecule has 0 radical (unpaired) electrons. The molecule has 6 nitrogen and oxygen atoms in total. The van der Waals surface area contributed by atoms with Crippen LogP contribution in [-0.2, 0) is 11.2 Å². The summed E-state index contributed by atoms with van der Waals surface area (Å²) < 4.78 is 1.95. The summed E-state index contributed by atoms with van der Waals surface area (Å²) in [6.45, 7) is 4.55. The van der Waals surface area contributed by atoms with Crippen LogP contribution in [0.25, 0.3) is 16.7 Å². The normalized spacial score (nSPS) is 17.6. The second-order valence-corrected chi connectivity index (χ2v) is 6.41. The number of aromatic nitrogens is 2. The molecule has 126 valence electrons. The Bertz CT molecular complexity index is 1060. The van der Waals surface area contributed by atoms with Crippen molar-refractivity contribution in [3.05, 3.63) is 41.0 Å². The standard InChI is InChI=1S/C19H19N5O/c1-3-12-11(2)13(10-20)17-22-15-6-4-5-7-16(15)24(17)18(12)23-9-8-14(21)19(23)25/h4-7,14H,3,8-9,21H2,1-2H3/t14-/m0/s1. The van der Waals surface area contributed by atoms with E-state index in [0.717, 1.165) is 34.4 Å². The van der Waals surface area contributed by atoms with Crippen LogP contribution < -0.4 is 10.6 Å². The Labute approximate surface area is 145 Å². The van der Waals surface area contributed by atoms with Crippen LogP contribution in [0, 0.1) is 18.3 Å². The minimum atomic E-state index is -0.467. The Hall–Kier alpha value is -2.91. The summed E-state index contributed by atoms with van der Waals surface area (Å²) in [5.41, 5.74) is 10.7. The molecule has 0 unspecified atom stereocenters. The zero-order valence-electron chi connectivity index (χ0n) is 14.3. The molecule has 3 aromatic rings. The van der Waals surface area contributed by atoms with Gasteiger partial charge in [0.2, 0.25) is 5.91 Å². The number of hydrogen-bond donors (Lipinski definition) is 1. The molecule has 1 atom stereocenters. The second kappa shape index (κ2) is 5.57. The van der Waals surface area contributed by atoms with Crippen molar-refractivity contribution in [3.8, 4) is 6.07 Å². The number of imidazole rings is 1. The summed E-state index contributed by atoms with van der Waals surface area (Å²) in [6.07, 6.45) is 1.35. The van der Waals surface area contributed by atoms with Crippen LogP contribution in [0.3, 0.4) is 0 Å². The van der Waals surface area contributed by atoms with Crippen LogP contribution in [0.2, 0.25) is 0 Å². The largest absolute Gasteiger partial charge is 0.320 e. The third kappa shape index (κ3) is 2.06. The van der Waals surface area contributed by atoms with E-state index >= 15 is 0 Å². The Kier molecular flexibility index (Phi) is 3.48. The molecule has 0 spiro atoms. The summed E-state index contributed by atoms with van der Waals surface area (Å²) >= 11 is 0. The highest BCUT2D eigenvalue weighted by Crippen LogP contribution is 2.35. The summed E-state index contributed by atoms with van der Waals surface area (Å²) in [6, 6.07) is 9.58. The van der Waals surface area contributed by atoms with Gasteiger partial charge in [-0.3, -0.25) is 14.1 Å². The Morgan fingerprint density at radius 1 is 1.40 bits per heavy atom. The van der Waals surface area contributed by atoms with Crippen molar-refractivity contribution in [1.29, 1.82) is 5.26 Å². The van der Waals surface area contributed by atoms with Gasteiger partial charge in [-0.25, -0.2) is 4.98 Å². The minimum Gasteiger partial charge on any atom is -0.320 e. The number of hydrogen-bond acceptors (Lipinski definition) is 4. The molecule has 2 N–H and O–H groups in total. The maximum atomic E-state index is 12.6. The predicted molar refractivity (Wildman–Crippen MR) is 96.5 cm³/mol. The number of nitrogens with zero attached hydrogens (tertiary/aromatic N) is 4. The molecule has 1 amide bonds. The molecular formula is C19H19N5O. The van der Waals surface area contributed by atoms with Crippen LogP contribution >= 0.6 is 0 Å². The summed E-state index contributed by atoms with van der Waals surface area (Å²) in [5.74, 6) is 0.735. The minimum absolute atomic E-state index is 0.0714. The topological polar surface area (TPSA) is 87.4 Å². The lowest BCUT2D eigenvalue weighted by Crippen LogP contribution is -2.35. The SMILES string of the molecule is CCc1c(C)c(C#N)c2nc3ccccc3n2c1N1CC[C@H](N)C1=O. The van der Waals surface area contributed by atoms with E-state index in [1.807, 2.05) is 42.5 Å². The quantitative estimate of drug-likeness (QED) is 0.779. The van der Waals surface area contributed by atoms with Crippen molar-refractivity contribution < 1.29 is 4.79 Å². The van der Waals surface area contributed by atoms with Crippen LogP contribution in [-0.4, -0.2) is 27.9 Å². The number of anilines is 1. The predicted octanol–water partition coefficient (Wildman–Crippen LogP) is 2.29. The van der Waals surface area contributed by atoms with Crippen LogP contribution in [0.4, 0.5) is 5.82 Å². The van der Waals surface area contributed by atoms with E-state index in [1.165, 1.54) is 0 Å².